The van der Waals surface area contributed by atoms with Gasteiger partial charge in [-0.25, -0.2) is 10.9 Å². The highest BCUT2D eigenvalue weighted by molar-refractivity contribution is 6.30. The quantitative estimate of drug-likeness (QED) is 0.457. The summed E-state index contributed by atoms with van der Waals surface area (Å²) in [6, 6.07) is 12.4. The first-order valence-corrected chi connectivity index (χ1v) is 9.34. The molecule has 9 heteroatoms. The Morgan fingerprint density at radius 3 is 2.79 bits per heavy atom. The molecule has 5 N–H and O–H groups in total. The first kappa shape index (κ1) is 20.2. The molecule has 1 fully saturated rings. The van der Waals surface area contributed by atoms with Gasteiger partial charge >= 0.3 is 0 Å². The maximum atomic E-state index is 12.6. The van der Waals surface area contributed by atoms with Crippen LogP contribution in [-0.4, -0.2) is 31.8 Å². The van der Waals surface area contributed by atoms with Crippen molar-refractivity contribution in [3.63, 3.8) is 0 Å². The molecule has 3 rings (SSSR count). The number of carbonyl (C=O) groups is 1. The lowest BCUT2D eigenvalue weighted by Gasteiger charge is -2.20. The van der Waals surface area contributed by atoms with Gasteiger partial charge in [0.25, 0.3) is 0 Å². The third-order valence-electron chi connectivity index (χ3n) is 4.21. The van der Waals surface area contributed by atoms with Gasteiger partial charge in [-0.3, -0.25) is 4.79 Å². The molecule has 1 saturated heterocycles. The number of hydrogen-bond donors (Lipinski definition) is 5. The van der Waals surface area contributed by atoms with Crippen molar-refractivity contribution in [2.75, 3.05) is 19.0 Å². The first-order valence-electron chi connectivity index (χ1n) is 8.96. The minimum Gasteiger partial charge on any atom is -0.493 e. The predicted octanol–water partition coefficient (Wildman–Crippen LogP) is 1.78. The number of amides is 1. The minimum atomic E-state index is -0.524. The van der Waals surface area contributed by atoms with Crippen molar-refractivity contribution >= 4 is 23.2 Å². The molecule has 28 heavy (non-hydrogen) atoms. The zero-order chi connectivity index (χ0) is 19.9. The molecule has 150 valence electrons. The van der Waals surface area contributed by atoms with E-state index < -0.39 is 6.04 Å². The maximum Gasteiger partial charge on any atom is 0.242 e. The second-order valence-electron chi connectivity index (χ2n) is 6.16. The highest BCUT2D eigenvalue weighted by atomic mass is 35.5. The number of benzene rings is 2. The Balaban J connectivity index is 1.60. The monoisotopic (exact) mass is 405 g/mol. The van der Waals surface area contributed by atoms with Crippen molar-refractivity contribution in [1.29, 1.82) is 0 Å². The summed E-state index contributed by atoms with van der Waals surface area (Å²) in [5.41, 5.74) is 10.4. The standard InChI is InChI=1S/C19H24ClN5O3/c1-3-28-16-9-12(7-8-15(16)27-2)11-21-19(26)17-18(24-25-23-17)22-14-6-4-5-13(20)10-14/h4-10,17-18,22-25H,3,11H2,1-2H3,(H,21,26). The fraction of sp³-hybridized carbons (Fsp3) is 0.316. The number of rotatable bonds is 8. The zero-order valence-electron chi connectivity index (χ0n) is 15.7. The molecule has 2 aromatic carbocycles. The van der Waals surface area contributed by atoms with Gasteiger partial charge in [0, 0.05) is 17.3 Å². The van der Waals surface area contributed by atoms with Gasteiger partial charge in [-0.1, -0.05) is 23.7 Å². The van der Waals surface area contributed by atoms with Crippen LogP contribution in [0.2, 0.25) is 5.02 Å². The molecule has 0 aromatic heterocycles. The Bertz CT molecular complexity index is 820. The molecular formula is C19H24ClN5O3. The maximum absolute atomic E-state index is 12.6. The molecule has 1 aliphatic heterocycles. The van der Waals surface area contributed by atoms with E-state index in [1.54, 1.807) is 19.2 Å². The van der Waals surface area contributed by atoms with Crippen molar-refractivity contribution in [3.05, 3.63) is 53.1 Å². The average Bonchev–Trinajstić information content (AvgIpc) is 3.15. The second kappa shape index (κ2) is 9.61. The zero-order valence-corrected chi connectivity index (χ0v) is 16.5. The second-order valence-corrected chi connectivity index (χ2v) is 6.60. The van der Waals surface area contributed by atoms with Crippen LogP contribution in [0.4, 0.5) is 5.69 Å². The number of methoxy groups -OCH3 is 1. The normalized spacial score (nSPS) is 18.5. The molecule has 1 amide bonds. The number of hydrogen-bond acceptors (Lipinski definition) is 7. The van der Waals surface area contributed by atoms with Gasteiger partial charge < -0.3 is 20.1 Å². The number of nitrogens with one attached hydrogen (secondary N) is 5. The topological polar surface area (TPSA) is 95.7 Å². The lowest BCUT2D eigenvalue weighted by molar-refractivity contribution is -0.123. The van der Waals surface area contributed by atoms with Crippen LogP contribution in [0.25, 0.3) is 0 Å². The Hall–Kier alpha value is -2.52. The number of halogens is 1. The summed E-state index contributed by atoms with van der Waals surface area (Å²) in [5, 5.41) is 6.78. The van der Waals surface area contributed by atoms with Gasteiger partial charge in [0.1, 0.15) is 12.2 Å². The lowest BCUT2D eigenvalue weighted by Crippen LogP contribution is -2.50. The van der Waals surface area contributed by atoms with Gasteiger partial charge in [-0.2, -0.15) is 5.53 Å². The van der Waals surface area contributed by atoms with Crippen LogP contribution < -0.4 is 36.5 Å². The van der Waals surface area contributed by atoms with E-state index in [1.807, 2.05) is 37.3 Å². The Morgan fingerprint density at radius 2 is 2.04 bits per heavy atom. The van der Waals surface area contributed by atoms with Crippen LogP contribution in [-0.2, 0) is 11.3 Å². The van der Waals surface area contributed by atoms with E-state index in [4.69, 9.17) is 21.1 Å². The molecule has 2 atom stereocenters. The molecular weight excluding hydrogens is 382 g/mol. The summed E-state index contributed by atoms with van der Waals surface area (Å²) in [6.45, 7) is 2.81. The molecule has 8 nitrogen and oxygen atoms in total. The Morgan fingerprint density at radius 1 is 1.18 bits per heavy atom. The number of carbonyl (C=O) groups excluding carboxylic acids is 1. The largest absolute Gasteiger partial charge is 0.493 e. The molecule has 2 aromatic rings. The molecule has 0 spiro atoms. The van der Waals surface area contributed by atoms with Crippen LogP contribution >= 0.6 is 11.6 Å². The van der Waals surface area contributed by atoms with Crippen molar-refractivity contribution in [1.82, 2.24) is 21.7 Å². The molecule has 0 bridgehead atoms. The lowest BCUT2D eigenvalue weighted by atomic mass is 10.1. The van der Waals surface area contributed by atoms with Crippen molar-refractivity contribution in [2.24, 2.45) is 0 Å². The summed E-state index contributed by atoms with van der Waals surface area (Å²) in [6.07, 6.45) is -0.353. The summed E-state index contributed by atoms with van der Waals surface area (Å²) < 4.78 is 10.9. The summed E-state index contributed by atoms with van der Waals surface area (Å²) >= 11 is 6.01. The molecule has 0 radical (unpaired) electrons. The summed E-state index contributed by atoms with van der Waals surface area (Å²) in [5.74, 6) is 1.15. The van der Waals surface area contributed by atoms with Gasteiger partial charge in [-0.15, -0.1) is 0 Å². The van der Waals surface area contributed by atoms with E-state index in [1.165, 1.54) is 0 Å². The van der Waals surface area contributed by atoms with Crippen molar-refractivity contribution in [3.8, 4) is 11.5 Å². The third kappa shape index (κ3) is 5.05. The molecule has 1 heterocycles. The third-order valence-corrected chi connectivity index (χ3v) is 4.45. The average molecular weight is 406 g/mol. The number of ether oxygens (including phenoxy) is 2. The molecule has 2 unspecified atom stereocenters. The SMILES string of the molecule is CCOc1cc(CNC(=O)C2NNNC2Nc2cccc(Cl)c2)ccc1OC. The molecule has 1 aliphatic rings. The van der Waals surface area contributed by atoms with Crippen LogP contribution in [0, 0.1) is 0 Å². The van der Waals surface area contributed by atoms with Crippen LogP contribution in [0.3, 0.4) is 0 Å². The first-order chi connectivity index (χ1) is 13.6. The van der Waals surface area contributed by atoms with Gasteiger partial charge in [0.05, 0.1) is 13.7 Å². The van der Waals surface area contributed by atoms with Crippen LogP contribution in [0.1, 0.15) is 12.5 Å². The smallest absolute Gasteiger partial charge is 0.242 e. The fourth-order valence-corrected chi connectivity index (χ4v) is 3.05. The van der Waals surface area contributed by atoms with E-state index in [0.717, 1.165) is 11.3 Å². The summed E-state index contributed by atoms with van der Waals surface area (Å²) in [4.78, 5) is 12.6. The Kier molecular flexibility index (Phi) is 6.94. The molecule has 0 saturated carbocycles. The van der Waals surface area contributed by atoms with E-state index in [2.05, 4.69) is 27.0 Å². The van der Waals surface area contributed by atoms with E-state index in [0.29, 0.717) is 29.7 Å². The van der Waals surface area contributed by atoms with Crippen molar-refractivity contribution in [2.45, 2.75) is 25.7 Å². The van der Waals surface area contributed by atoms with Gasteiger partial charge in [0.15, 0.2) is 11.5 Å². The minimum absolute atomic E-state index is 0.161. The highest BCUT2D eigenvalue weighted by Crippen LogP contribution is 2.28. The fourth-order valence-electron chi connectivity index (χ4n) is 2.86. The van der Waals surface area contributed by atoms with Crippen LogP contribution in [0.15, 0.2) is 42.5 Å². The number of anilines is 1. The predicted molar refractivity (Wildman–Crippen MR) is 108 cm³/mol. The van der Waals surface area contributed by atoms with Crippen LogP contribution in [0.5, 0.6) is 11.5 Å². The summed E-state index contributed by atoms with van der Waals surface area (Å²) in [7, 11) is 1.60. The number of hydrazine groups is 2. The highest BCUT2D eigenvalue weighted by Gasteiger charge is 2.32. The van der Waals surface area contributed by atoms with E-state index in [9.17, 15) is 4.79 Å². The van der Waals surface area contributed by atoms with Gasteiger partial charge in [-0.05, 0) is 42.8 Å². The molecule has 0 aliphatic carbocycles. The van der Waals surface area contributed by atoms with E-state index in [-0.39, 0.29) is 12.1 Å². The van der Waals surface area contributed by atoms with Crippen molar-refractivity contribution < 1.29 is 14.3 Å². The van der Waals surface area contributed by atoms with E-state index >= 15 is 0 Å². The van der Waals surface area contributed by atoms with Gasteiger partial charge in [0.2, 0.25) is 5.91 Å². The Labute approximate surface area is 168 Å².